The number of nitriles is 1. The second kappa shape index (κ2) is 7.57. The molecule has 0 aromatic carbocycles. The lowest BCUT2D eigenvalue weighted by Gasteiger charge is -2.03. The van der Waals surface area contributed by atoms with Crippen LogP contribution in [0.5, 0.6) is 0 Å². The fourth-order valence-electron chi connectivity index (χ4n) is 0.887. The van der Waals surface area contributed by atoms with Crippen LogP contribution in [0.15, 0.2) is 9.81 Å². The van der Waals surface area contributed by atoms with E-state index in [9.17, 15) is 0 Å². The molecule has 12 heavy (non-hydrogen) atoms. The summed E-state index contributed by atoms with van der Waals surface area (Å²) in [7, 11) is 0. The largest absolute Gasteiger partial charge is 0.193 e. The lowest BCUT2D eigenvalue weighted by molar-refractivity contribution is 0.800. The van der Waals surface area contributed by atoms with Crippen LogP contribution < -0.4 is 0 Å². The van der Waals surface area contributed by atoms with Crippen molar-refractivity contribution in [3.63, 3.8) is 0 Å². The summed E-state index contributed by atoms with van der Waals surface area (Å²) in [6.07, 6.45) is 7.25. The summed E-state index contributed by atoms with van der Waals surface area (Å²) in [5, 5.41) is 8.85. The highest BCUT2D eigenvalue weighted by atomic mass is 32.2. The third kappa shape index (κ3) is 4.08. The van der Waals surface area contributed by atoms with E-state index < -0.39 is 0 Å². The van der Waals surface area contributed by atoms with E-state index in [1.807, 2.05) is 12.5 Å². The Labute approximate surface area is 83.6 Å². The predicted molar refractivity (Wildman–Crippen MR) is 59.2 cm³/mol. The van der Waals surface area contributed by atoms with Crippen LogP contribution in [0.25, 0.3) is 0 Å². The standard InChI is InChI=1S/C9H15NS2/c1-4-5-6-8(7-10)9(11-2)12-3/h4-6H2,1-3H3. The SMILES string of the molecule is CCCCC(C#N)=C(SC)SC. The number of nitrogens with zero attached hydrogens (tertiary/aromatic N) is 1. The molecule has 0 saturated carbocycles. The molecule has 0 N–H and O–H groups in total. The van der Waals surface area contributed by atoms with E-state index in [0.29, 0.717) is 0 Å². The van der Waals surface area contributed by atoms with Crippen LogP contribution in [-0.4, -0.2) is 12.5 Å². The monoisotopic (exact) mass is 201 g/mol. The second-order valence-corrected chi connectivity index (χ2v) is 4.28. The van der Waals surface area contributed by atoms with Crippen molar-refractivity contribution in [3.05, 3.63) is 9.81 Å². The van der Waals surface area contributed by atoms with Gasteiger partial charge in [-0.25, -0.2) is 0 Å². The van der Waals surface area contributed by atoms with Gasteiger partial charge in [0, 0.05) is 5.57 Å². The first-order valence-electron chi connectivity index (χ1n) is 4.01. The van der Waals surface area contributed by atoms with Crippen molar-refractivity contribution < 1.29 is 0 Å². The number of allylic oxidation sites excluding steroid dienone is 1. The summed E-state index contributed by atoms with van der Waals surface area (Å²) in [5.74, 6) is 0. The normalized spacial score (nSPS) is 9.17. The molecule has 0 bridgehead atoms. The summed E-state index contributed by atoms with van der Waals surface area (Å²) in [6.45, 7) is 2.15. The molecular weight excluding hydrogens is 186 g/mol. The molecule has 68 valence electrons. The molecule has 0 aliphatic heterocycles. The molecule has 0 saturated heterocycles. The Kier molecular flexibility index (Phi) is 7.53. The summed E-state index contributed by atoms with van der Waals surface area (Å²) < 4.78 is 1.17. The van der Waals surface area contributed by atoms with Crippen molar-refractivity contribution in [3.8, 4) is 6.07 Å². The van der Waals surface area contributed by atoms with Gasteiger partial charge in [-0.3, -0.25) is 0 Å². The van der Waals surface area contributed by atoms with Crippen molar-refractivity contribution in [2.24, 2.45) is 0 Å². The Morgan fingerprint density at radius 2 is 1.92 bits per heavy atom. The van der Waals surface area contributed by atoms with E-state index >= 15 is 0 Å². The maximum absolute atomic E-state index is 8.85. The maximum Gasteiger partial charge on any atom is 0.0964 e. The maximum atomic E-state index is 8.85. The molecular formula is C9H15NS2. The first-order valence-corrected chi connectivity index (χ1v) is 6.46. The molecule has 3 heteroatoms. The topological polar surface area (TPSA) is 23.8 Å². The van der Waals surface area contributed by atoms with Crippen LogP contribution in [-0.2, 0) is 0 Å². The van der Waals surface area contributed by atoms with Crippen molar-refractivity contribution in [1.82, 2.24) is 0 Å². The first-order chi connectivity index (χ1) is 5.79. The fraction of sp³-hybridized carbons (Fsp3) is 0.667. The van der Waals surface area contributed by atoms with E-state index in [2.05, 4.69) is 13.0 Å². The summed E-state index contributed by atoms with van der Waals surface area (Å²) >= 11 is 3.35. The quantitative estimate of drug-likeness (QED) is 0.635. The van der Waals surface area contributed by atoms with Gasteiger partial charge in [0.2, 0.25) is 0 Å². The van der Waals surface area contributed by atoms with Crippen LogP contribution in [0.4, 0.5) is 0 Å². The van der Waals surface area contributed by atoms with Crippen LogP contribution in [0.1, 0.15) is 26.2 Å². The number of hydrogen-bond acceptors (Lipinski definition) is 3. The van der Waals surface area contributed by atoms with E-state index in [0.717, 1.165) is 24.8 Å². The summed E-state index contributed by atoms with van der Waals surface area (Å²) in [4.78, 5) is 0. The zero-order chi connectivity index (χ0) is 9.40. The van der Waals surface area contributed by atoms with Gasteiger partial charge in [-0.1, -0.05) is 13.3 Å². The smallest absolute Gasteiger partial charge is 0.0964 e. The summed E-state index contributed by atoms with van der Waals surface area (Å²) in [5.41, 5.74) is 0.955. The average Bonchev–Trinajstić information content (AvgIpc) is 2.12. The highest BCUT2D eigenvalue weighted by molar-refractivity contribution is 8.21. The molecule has 0 aliphatic rings. The van der Waals surface area contributed by atoms with Gasteiger partial charge < -0.3 is 0 Å². The molecule has 1 nitrogen and oxygen atoms in total. The van der Waals surface area contributed by atoms with Gasteiger partial charge in [-0.05, 0) is 25.4 Å². The highest BCUT2D eigenvalue weighted by Gasteiger charge is 2.03. The summed E-state index contributed by atoms with van der Waals surface area (Å²) in [6, 6.07) is 2.28. The molecule has 0 heterocycles. The molecule has 0 amide bonds. The lowest BCUT2D eigenvalue weighted by atomic mass is 10.1. The zero-order valence-electron chi connectivity index (χ0n) is 7.89. The zero-order valence-corrected chi connectivity index (χ0v) is 9.52. The van der Waals surface area contributed by atoms with Crippen molar-refractivity contribution in [1.29, 1.82) is 5.26 Å². The van der Waals surface area contributed by atoms with Crippen molar-refractivity contribution >= 4 is 23.5 Å². The molecule has 0 radical (unpaired) electrons. The molecule has 0 unspecified atom stereocenters. The third-order valence-electron chi connectivity index (χ3n) is 1.53. The molecule has 0 aromatic rings. The van der Waals surface area contributed by atoms with Crippen LogP contribution >= 0.6 is 23.5 Å². The first kappa shape index (κ1) is 11.9. The minimum atomic E-state index is 0.935. The molecule has 0 aliphatic carbocycles. The Morgan fingerprint density at radius 1 is 1.33 bits per heavy atom. The molecule has 0 atom stereocenters. The number of hydrogen-bond donors (Lipinski definition) is 0. The van der Waals surface area contributed by atoms with E-state index in [1.165, 1.54) is 4.24 Å². The second-order valence-electron chi connectivity index (χ2n) is 2.39. The van der Waals surface area contributed by atoms with Gasteiger partial charge in [0.15, 0.2) is 0 Å². The molecule has 0 rings (SSSR count). The Bertz CT molecular complexity index is 185. The minimum Gasteiger partial charge on any atom is -0.193 e. The van der Waals surface area contributed by atoms with E-state index in [-0.39, 0.29) is 0 Å². The van der Waals surface area contributed by atoms with Gasteiger partial charge in [0.1, 0.15) is 0 Å². The van der Waals surface area contributed by atoms with Gasteiger partial charge in [-0.15, -0.1) is 23.5 Å². The Balaban J connectivity index is 4.28. The molecule has 0 spiro atoms. The third-order valence-corrected chi connectivity index (χ3v) is 3.77. The van der Waals surface area contributed by atoms with Crippen LogP contribution in [0.2, 0.25) is 0 Å². The number of unbranched alkanes of at least 4 members (excludes halogenated alkanes) is 1. The predicted octanol–water partition coefficient (Wildman–Crippen LogP) is 3.64. The van der Waals surface area contributed by atoms with E-state index in [4.69, 9.17) is 5.26 Å². The number of rotatable bonds is 5. The molecule has 0 aromatic heterocycles. The minimum absolute atomic E-state index is 0.935. The van der Waals surface area contributed by atoms with Gasteiger partial charge >= 0.3 is 0 Å². The van der Waals surface area contributed by atoms with Gasteiger partial charge in [-0.2, -0.15) is 5.26 Å². The number of thioether (sulfide) groups is 2. The van der Waals surface area contributed by atoms with Crippen molar-refractivity contribution in [2.45, 2.75) is 26.2 Å². The fourth-order valence-corrected chi connectivity index (χ4v) is 2.34. The van der Waals surface area contributed by atoms with Gasteiger partial charge in [0.25, 0.3) is 0 Å². The van der Waals surface area contributed by atoms with Gasteiger partial charge in [0.05, 0.1) is 10.3 Å². The van der Waals surface area contributed by atoms with Crippen LogP contribution in [0.3, 0.4) is 0 Å². The lowest BCUT2D eigenvalue weighted by Crippen LogP contribution is -1.83. The Hall–Kier alpha value is -0.0700. The average molecular weight is 201 g/mol. The van der Waals surface area contributed by atoms with Crippen molar-refractivity contribution in [2.75, 3.05) is 12.5 Å². The highest BCUT2D eigenvalue weighted by Crippen LogP contribution is 2.29. The van der Waals surface area contributed by atoms with E-state index in [1.54, 1.807) is 23.5 Å². The molecule has 0 fully saturated rings. The Morgan fingerprint density at radius 3 is 2.25 bits per heavy atom. The van der Waals surface area contributed by atoms with Crippen LogP contribution in [0, 0.1) is 11.3 Å².